The zero-order valence-corrected chi connectivity index (χ0v) is 12.7. The number of hydrogen-bond donors (Lipinski definition) is 1. The van der Waals surface area contributed by atoms with Gasteiger partial charge in [0.1, 0.15) is 0 Å². The smallest absolute Gasteiger partial charge is 0.374 e. The minimum absolute atomic E-state index is 1.10. The van der Waals surface area contributed by atoms with Crippen LogP contribution >= 0.6 is 0 Å². The minimum atomic E-state index is -6.85. The maximum absolute atomic E-state index is 11.9. The van der Waals surface area contributed by atoms with Crippen LogP contribution in [-0.4, -0.2) is 48.3 Å². The second-order valence-corrected chi connectivity index (χ2v) is 5.94. The standard InChI is InChI=1S/C8H13N.C3HF7O3S/c1-3-9-6-4-5-8(2)7-9;4-1(5,2(6,7)8)3(9,10)14(11,12)13/h4-6H,3,7H2,1-2H3;(H,11,12,13). The topological polar surface area (TPSA) is 57.6 Å². The first-order valence-corrected chi connectivity index (χ1v) is 7.39. The molecule has 0 spiro atoms. The molecule has 0 bridgehead atoms. The van der Waals surface area contributed by atoms with E-state index in [2.05, 4.69) is 37.1 Å². The average Bonchev–Trinajstić information content (AvgIpc) is 2.36. The molecule has 0 amide bonds. The molecular weight excluding hydrogens is 359 g/mol. The summed E-state index contributed by atoms with van der Waals surface area (Å²) in [4.78, 5) is 2.29. The Morgan fingerprint density at radius 2 is 1.65 bits per heavy atom. The molecule has 1 rings (SSSR count). The summed E-state index contributed by atoms with van der Waals surface area (Å²) in [5.41, 5.74) is 1.44. The van der Waals surface area contributed by atoms with Crippen LogP contribution in [0.1, 0.15) is 13.8 Å². The first-order chi connectivity index (χ1) is 10.1. The van der Waals surface area contributed by atoms with E-state index in [1.807, 2.05) is 0 Å². The maximum Gasteiger partial charge on any atom is 0.461 e. The molecule has 12 heteroatoms. The first-order valence-electron chi connectivity index (χ1n) is 5.95. The van der Waals surface area contributed by atoms with Gasteiger partial charge in [-0.3, -0.25) is 4.55 Å². The van der Waals surface area contributed by atoms with Crippen molar-refractivity contribution in [3.05, 3.63) is 23.9 Å². The first kappa shape index (κ1) is 21.7. The fourth-order valence-electron chi connectivity index (χ4n) is 1.30. The summed E-state index contributed by atoms with van der Waals surface area (Å²) in [7, 11) is -6.85. The molecule has 0 aromatic rings. The molecule has 1 aliphatic rings. The van der Waals surface area contributed by atoms with Crippen molar-refractivity contribution in [2.45, 2.75) is 31.2 Å². The molecule has 0 saturated heterocycles. The normalized spacial score (nSPS) is 16.6. The lowest BCUT2D eigenvalue weighted by Crippen LogP contribution is -2.55. The van der Waals surface area contributed by atoms with Gasteiger partial charge in [0.05, 0.1) is 0 Å². The monoisotopic (exact) mass is 373 g/mol. The van der Waals surface area contributed by atoms with E-state index in [4.69, 9.17) is 4.55 Å². The van der Waals surface area contributed by atoms with Gasteiger partial charge in [0.25, 0.3) is 0 Å². The van der Waals surface area contributed by atoms with E-state index in [0.29, 0.717) is 0 Å². The van der Waals surface area contributed by atoms with Crippen LogP contribution in [0.3, 0.4) is 0 Å². The Morgan fingerprint density at radius 1 is 1.17 bits per heavy atom. The highest BCUT2D eigenvalue weighted by atomic mass is 32.2. The van der Waals surface area contributed by atoms with Gasteiger partial charge in [0.15, 0.2) is 0 Å². The highest BCUT2D eigenvalue weighted by Crippen LogP contribution is 2.48. The summed E-state index contributed by atoms with van der Waals surface area (Å²) in [5.74, 6) is -6.85. The van der Waals surface area contributed by atoms with Crippen LogP contribution < -0.4 is 0 Å². The lowest BCUT2D eigenvalue weighted by atomic mass is 10.2. The molecule has 0 fully saturated rings. The summed E-state index contributed by atoms with van der Waals surface area (Å²) in [6, 6.07) is 0. The molecule has 0 atom stereocenters. The second-order valence-electron chi connectivity index (χ2n) is 4.48. The molecule has 23 heavy (non-hydrogen) atoms. The van der Waals surface area contributed by atoms with E-state index in [1.165, 1.54) is 5.57 Å². The number of likely N-dealkylation sites (N-methyl/N-ethyl adjacent to an activating group) is 1. The number of allylic oxidation sites excluding steroid dienone is 2. The van der Waals surface area contributed by atoms with Crippen molar-refractivity contribution >= 4 is 10.1 Å². The lowest BCUT2D eigenvalue weighted by molar-refractivity contribution is -0.333. The third kappa shape index (κ3) is 5.09. The molecule has 0 aromatic carbocycles. The van der Waals surface area contributed by atoms with Gasteiger partial charge < -0.3 is 4.90 Å². The summed E-state index contributed by atoms with van der Waals surface area (Å²) in [5, 5.41) is -6.61. The number of hydrogen-bond acceptors (Lipinski definition) is 3. The van der Waals surface area contributed by atoms with Crippen molar-refractivity contribution in [3.63, 3.8) is 0 Å². The van der Waals surface area contributed by atoms with Crippen LogP contribution in [0.2, 0.25) is 0 Å². The van der Waals surface area contributed by atoms with Crippen molar-refractivity contribution in [2.24, 2.45) is 0 Å². The fourth-order valence-corrected chi connectivity index (χ4v) is 1.74. The Bertz CT molecular complexity index is 567. The number of halogens is 7. The predicted octanol–water partition coefficient (Wildman–Crippen LogP) is 3.45. The summed E-state index contributed by atoms with van der Waals surface area (Å²) < 4.78 is 108. The van der Waals surface area contributed by atoms with Crippen LogP contribution in [-0.2, 0) is 10.1 Å². The Morgan fingerprint density at radius 3 is 1.87 bits per heavy atom. The van der Waals surface area contributed by atoms with Crippen LogP contribution in [0, 0.1) is 0 Å². The predicted molar refractivity (Wildman–Crippen MR) is 67.6 cm³/mol. The maximum atomic E-state index is 11.9. The molecule has 4 nitrogen and oxygen atoms in total. The van der Waals surface area contributed by atoms with Gasteiger partial charge in [-0.2, -0.15) is 39.2 Å². The Kier molecular flexibility index (Phi) is 6.67. The molecule has 0 radical (unpaired) electrons. The fraction of sp³-hybridized carbons (Fsp3) is 0.636. The van der Waals surface area contributed by atoms with Crippen molar-refractivity contribution < 1.29 is 43.7 Å². The molecular formula is C11H14F7NO3S. The van der Waals surface area contributed by atoms with E-state index in [-0.39, 0.29) is 0 Å². The zero-order chi connectivity index (χ0) is 18.7. The highest BCUT2D eigenvalue weighted by Gasteiger charge is 2.78. The van der Waals surface area contributed by atoms with Gasteiger partial charge in [-0.25, -0.2) is 0 Å². The van der Waals surface area contributed by atoms with E-state index >= 15 is 0 Å². The lowest BCUT2D eigenvalue weighted by Gasteiger charge is -2.25. The molecule has 0 unspecified atom stereocenters. The Hall–Kier alpha value is -1.30. The van der Waals surface area contributed by atoms with E-state index in [9.17, 15) is 39.2 Å². The van der Waals surface area contributed by atoms with E-state index in [1.54, 1.807) is 0 Å². The van der Waals surface area contributed by atoms with Crippen LogP contribution in [0.5, 0.6) is 0 Å². The van der Waals surface area contributed by atoms with Gasteiger partial charge in [-0.15, -0.1) is 0 Å². The summed E-state index contributed by atoms with van der Waals surface area (Å²) in [6.07, 6.45) is -0.395. The van der Waals surface area contributed by atoms with E-state index < -0.39 is 27.5 Å². The quantitative estimate of drug-likeness (QED) is 0.608. The second kappa shape index (κ2) is 7.07. The van der Waals surface area contributed by atoms with Gasteiger partial charge in [0, 0.05) is 13.1 Å². The van der Waals surface area contributed by atoms with Crippen molar-refractivity contribution in [3.8, 4) is 0 Å². The third-order valence-electron chi connectivity index (χ3n) is 2.58. The van der Waals surface area contributed by atoms with Gasteiger partial charge in [0.2, 0.25) is 0 Å². The number of rotatable bonds is 3. The zero-order valence-electron chi connectivity index (χ0n) is 11.9. The molecule has 1 N–H and O–H groups in total. The van der Waals surface area contributed by atoms with E-state index in [0.717, 1.165) is 13.1 Å². The van der Waals surface area contributed by atoms with Crippen molar-refractivity contribution in [2.75, 3.05) is 13.1 Å². The largest absolute Gasteiger partial charge is 0.461 e. The molecule has 0 aliphatic carbocycles. The summed E-state index contributed by atoms with van der Waals surface area (Å²) in [6.45, 7) is 6.55. The van der Waals surface area contributed by atoms with Crippen LogP contribution in [0.15, 0.2) is 23.9 Å². The van der Waals surface area contributed by atoms with Crippen molar-refractivity contribution in [1.82, 2.24) is 4.90 Å². The molecule has 1 heterocycles. The summed E-state index contributed by atoms with van der Waals surface area (Å²) >= 11 is 0. The molecule has 0 aromatic heterocycles. The van der Waals surface area contributed by atoms with Gasteiger partial charge in [-0.05, 0) is 26.1 Å². The average molecular weight is 373 g/mol. The van der Waals surface area contributed by atoms with Crippen LogP contribution in [0.4, 0.5) is 30.7 Å². The Balaban J connectivity index is 0.000000459. The number of alkyl halides is 7. The number of nitrogens with zero attached hydrogens (tertiary/aromatic N) is 1. The van der Waals surface area contributed by atoms with Crippen LogP contribution in [0.25, 0.3) is 0 Å². The van der Waals surface area contributed by atoms with Gasteiger partial charge in [-0.1, -0.05) is 11.6 Å². The Labute approximate surface area is 128 Å². The minimum Gasteiger partial charge on any atom is -0.374 e. The van der Waals surface area contributed by atoms with Crippen molar-refractivity contribution in [1.29, 1.82) is 0 Å². The molecule has 0 saturated carbocycles. The highest BCUT2D eigenvalue weighted by molar-refractivity contribution is 7.87. The SMILES string of the molecule is CCN1C=CC=C(C)C1.O=S(=O)(O)C(F)(F)C(F)(F)C(F)(F)F. The van der Waals surface area contributed by atoms with Gasteiger partial charge >= 0.3 is 27.5 Å². The molecule has 1 aliphatic heterocycles. The molecule has 136 valence electrons. The third-order valence-corrected chi connectivity index (χ3v) is 3.49.